The highest BCUT2D eigenvalue weighted by Crippen LogP contribution is 2.33. The zero-order chi connectivity index (χ0) is 15.1. The van der Waals surface area contributed by atoms with E-state index in [0.29, 0.717) is 6.42 Å². The first-order valence-corrected chi connectivity index (χ1v) is 8.91. The van der Waals surface area contributed by atoms with Gasteiger partial charge in [0.2, 0.25) is 0 Å². The van der Waals surface area contributed by atoms with Crippen molar-refractivity contribution in [3.63, 3.8) is 0 Å². The lowest BCUT2D eigenvalue weighted by molar-refractivity contribution is -0.140. The molecule has 1 fully saturated rings. The maximum atomic E-state index is 11.1. The van der Waals surface area contributed by atoms with Gasteiger partial charge in [-0.2, -0.15) is 0 Å². The number of aryl methyl sites for hydroxylation is 1. The van der Waals surface area contributed by atoms with E-state index >= 15 is 0 Å². The third-order valence-electron chi connectivity index (χ3n) is 4.39. The molecule has 0 aromatic carbocycles. The van der Waals surface area contributed by atoms with Crippen LogP contribution in [0.2, 0.25) is 0 Å². The number of carbonyl (C=O) groups is 1. The maximum absolute atomic E-state index is 11.1. The fourth-order valence-electron chi connectivity index (χ4n) is 3.14. The van der Waals surface area contributed by atoms with Gasteiger partial charge in [-0.25, -0.2) is 0 Å². The number of ether oxygens (including phenoxy) is 1. The van der Waals surface area contributed by atoms with Gasteiger partial charge in [-0.15, -0.1) is 11.3 Å². The van der Waals surface area contributed by atoms with Crippen molar-refractivity contribution in [3.05, 3.63) is 21.9 Å². The molecule has 0 aliphatic heterocycles. The van der Waals surface area contributed by atoms with E-state index in [1.165, 1.54) is 49.0 Å². The monoisotopic (exact) mass is 309 g/mol. The van der Waals surface area contributed by atoms with Crippen LogP contribution in [-0.2, 0) is 16.0 Å². The number of nitrogens with two attached hydrogens (primary N) is 1. The normalized spacial score (nSPS) is 17.6. The Morgan fingerprint density at radius 2 is 2.14 bits per heavy atom. The Morgan fingerprint density at radius 3 is 2.86 bits per heavy atom. The Hall–Kier alpha value is -0.870. The van der Waals surface area contributed by atoms with Gasteiger partial charge in [0.05, 0.1) is 7.11 Å². The van der Waals surface area contributed by atoms with E-state index in [9.17, 15) is 4.79 Å². The number of carbonyl (C=O) groups excluding carboxylic acids is 1. The minimum absolute atomic E-state index is 0.124. The number of rotatable bonds is 7. The molecule has 21 heavy (non-hydrogen) atoms. The average molecular weight is 309 g/mol. The van der Waals surface area contributed by atoms with Gasteiger partial charge in [-0.1, -0.05) is 32.1 Å². The highest BCUT2D eigenvalue weighted by Gasteiger charge is 2.18. The van der Waals surface area contributed by atoms with Crippen molar-refractivity contribution >= 4 is 17.3 Å². The summed E-state index contributed by atoms with van der Waals surface area (Å²) in [4.78, 5) is 13.7. The summed E-state index contributed by atoms with van der Waals surface area (Å²) in [6, 6.07) is 4.52. The zero-order valence-electron chi connectivity index (χ0n) is 13.0. The molecule has 2 N–H and O–H groups in total. The standard InChI is InChI=1S/C17H27NO2S/c1-20-17(19)9-5-8-14-10-11-16(21-14)15(18)12-13-6-3-2-4-7-13/h10-11,13,15H,2-9,12,18H2,1H3. The Kier molecular flexibility index (Phi) is 6.71. The molecule has 1 aliphatic rings. The fourth-order valence-corrected chi connectivity index (χ4v) is 4.20. The van der Waals surface area contributed by atoms with Crippen LogP contribution in [-0.4, -0.2) is 13.1 Å². The second-order valence-electron chi connectivity index (χ2n) is 6.08. The topological polar surface area (TPSA) is 52.3 Å². The van der Waals surface area contributed by atoms with Crippen LogP contribution in [0.1, 0.15) is 67.2 Å². The predicted octanol–water partition coefficient (Wildman–Crippen LogP) is 4.21. The summed E-state index contributed by atoms with van der Waals surface area (Å²) >= 11 is 1.81. The molecule has 1 heterocycles. The van der Waals surface area contributed by atoms with Crippen molar-refractivity contribution in [1.82, 2.24) is 0 Å². The van der Waals surface area contributed by atoms with E-state index < -0.39 is 0 Å². The zero-order valence-corrected chi connectivity index (χ0v) is 13.8. The average Bonchev–Trinajstić information content (AvgIpc) is 2.97. The number of hydrogen-bond donors (Lipinski definition) is 1. The van der Waals surface area contributed by atoms with Crippen molar-refractivity contribution in [2.24, 2.45) is 11.7 Å². The SMILES string of the molecule is COC(=O)CCCc1ccc(C(N)CC2CCCCC2)s1. The van der Waals surface area contributed by atoms with E-state index in [-0.39, 0.29) is 12.0 Å². The first-order chi connectivity index (χ1) is 10.2. The first kappa shape index (κ1) is 16.5. The predicted molar refractivity (Wildman–Crippen MR) is 87.4 cm³/mol. The van der Waals surface area contributed by atoms with Gasteiger partial charge in [0, 0.05) is 22.2 Å². The largest absolute Gasteiger partial charge is 0.469 e. The Labute approximate surface area is 131 Å². The summed E-state index contributed by atoms with van der Waals surface area (Å²) in [6.07, 6.45) is 10.3. The second-order valence-corrected chi connectivity index (χ2v) is 7.28. The minimum Gasteiger partial charge on any atom is -0.469 e. The summed E-state index contributed by atoms with van der Waals surface area (Å²) in [5.41, 5.74) is 6.37. The summed E-state index contributed by atoms with van der Waals surface area (Å²) in [7, 11) is 1.44. The molecule has 4 heteroatoms. The molecule has 0 saturated heterocycles. The number of methoxy groups -OCH3 is 1. The van der Waals surface area contributed by atoms with Crippen LogP contribution in [0.4, 0.5) is 0 Å². The summed E-state index contributed by atoms with van der Waals surface area (Å²) in [5.74, 6) is 0.694. The number of hydrogen-bond acceptors (Lipinski definition) is 4. The van der Waals surface area contributed by atoms with Crippen molar-refractivity contribution < 1.29 is 9.53 Å². The molecule has 0 radical (unpaired) electrons. The Balaban J connectivity index is 1.76. The number of esters is 1. The summed E-state index contributed by atoms with van der Waals surface area (Å²) in [5, 5.41) is 0. The highest BCUT2D eigenvalue weighted by molar-refractivity contribution is 7.12. The first-order valence-electron chi connectivity index (χ1n) is 8.10. The molecule has 118 valence electrons. The van der Waals surface area contributed by atoms with E-state index in [0.717, 1.165) is 25.2 Å². The molecule has 0 amide bonds. The lowest BCUT2D eigenvalue weighted by Gasteiger charge is -2.24. The summed E-state index contributed by atoms with van der Waals surface area (Å²) in [6.45, 7) is 0. The van der Waals surface area contributed by atoms with Crippen LogP contribution in [0.3, 0.4) is 0 Å². The third kappa shape index (κ3) is 5.44. The molecule has 1 aliphatic carbocycles. The quantitative estimate of drug-likeness (QED) is 0.767. The van der Waals surface area contributed by atoms with Crippen LogP contribution < -0.4 is 5.73 Å². The molecule has 1 atom stereocenters. The van der Waals surface area contributed by atoms with Gasteiger partial charge in [-0.05, 0) is 37.3 Å². The molecule has 0 spiro atoms. The van der Waals surface area contributed by atoms with Crippen LogP contribution >= 0.6 is 11.3 Å². The van der Waals surface area contributed by atoms with E-state index in [4.69, 9.17) is 5.73 Å². The molecular weight excluding hydrogens is 282 g/mol. The Morgan fingerprint density at radius 1 is 1.38 bits per heavy atom. The van der Waals surface area contributed by atoms with Crippen LogP contribution in [0.5, 0.6) is 0 Å². The molecular formula is C17H27NO2S. The number of thiophene rings is 1. The molecule has 1 aromatic heterocycles. The lowest BCUT2D eigenvalue weighted by atomic mass is 9.85. The van der Waals surface area contributed by atoms with Crippen molar-refractivity contribution in [1.29, 1.82) is 0 Å². The van der Waals surface area contributed by atoms with Gasteiger partial charge in [0.1, 0.15) is 0 Å². The maximum Gasteiger partial charge on any atom is 0.305 e. The van der Waals surface area contributed by atoms with Gasteiger partial charge in [0.25, 0.3) is 0 Å². The minimum atomic E-state index is -0.124. The van der Waals surface area contributed by atoms with Gasteiger partial charge >= 0.3 is 5.97 Å². The lowest BCUT2D eigenvalue weighted by Crippen LogP contribution is -2.16. The van der Waals surface area contributed by atoms with Crippen LogP contribution in [0.25, 0.3) is 0 Å². The van der Waals surface area contributed by atoms with E-state index in [1.807, 2.05) is 11.3 Å². The van der Waals surface area contributed by atoms with Crippen LogP contribution in [0, 0.1) is 5.92 Å². The van der Waals surface area contributed by atoms with E-state index in [2.05, 4.69) is 16.9 Å². The fraction of sp³-hybridized carbons (Fsp3) is 0.706. The molecule has 1 aromatic rings. The van der Waals surface area contributed by atoms with E-state index in [1.54, 1.807) is 0 Å². The van der Waals surface area contributed by atoms with Crippen molar-refractivity contribution in [2.75, 3.05) is 7.11 Å². The Bertz CT molecular complexity index is 438. The molecule has 3 nitrogen and oxygen atoms in total. The molecule has 2 rings (SSSR count). The van der Waals surface area contributed by atoms with Gasteiger partial charge < -0.3 is 10.5 Å². The molecule has 1 saturated carbocycles. The smallest absolute Gasteiger partial charge is 0.305 e. The second kappa shape index (κ2) is 8.54. The van der Waals surface area contributed by atoms with Crippen molar-refractivity contribution in [2.45, 2.75) is 63.8 Å². The molecule has 1 unspecified atom stereocenters. The van der Waals surface area contributed by atoms with Gasteiger partial charge in [0.15, 0.2) is 0 Å². The van der Waals surface area contributed by atoms with Gasteiger partial charge in [-0.3, -0.25) is 4.79 Å². The highest BCUT2D eigenvalue weighted by atomic mass is 32.1. The third-order valence-corrected chi connectivity index (χ3v) is 5.67. The summed E-state index contributed by atoms with van der Waals surface area (Å²) < 4.78 is 4.66. The molecule has 0 bridgehead atoms. The van der Waals surface area contributed by atoms with Crippen LogP contribution in [0.15, 0.2) is 12.1 Å². The van der Waals surface area contributed by atoms with Crippen molar-refractivity contribution in [3.8, 4) is 0 Å².